The molecule has 30 heavy (non-hydrogen) atoms. The van der Waals surface area contributed by atoms with Crippen LogP contribution in [-0.2, 0) is 22.8 Å². The summed E-state index contributed by atoms with van der Waals surface area (Å²) in [4.78, 5) is 36.2. The van der Waals surface area contributed by atoms with Crippen LogP contribution in [0, 0.1) is 0 Å². The van der Waals surface area contributed by atoms with Gasteiger partial charge < -0.3 is 20.1 Å². The number of thioether (sulfide) groups is 1. The van der Waals surface area contributed by atoms with E-state index in [4.69, 9.17) is 5.11 Å². The van der Waals surface area contributed by atoms with Gasteiger partial charge in [0.15, 0.2) is 0 Å². The van der Waals surface area contributed by atoms with Crippen molar-refractivity contribution in [2.75, 3.05) is 6.54 Å². The second-order valence-electron chi connectivity index (χ2n) is 6.75. The summed E-state index contributed by atoms with van der Waals surface area (Å²) in [6.45, 7) is -0.508. The number of nitrogens with zero attached hydrogens (tertiary/aromatic N) is 2. The number of H-pyrrole nitrogens is 1. The Morgan fingerprint density at radius 3 is 2.73 bits per heavy atom. The molecule has 0 unspecified atom stereocenters. The fourth-order valence-electron chi connectivity index (χ4n) is 3.36. The van der Waals surface area contributed by atoms with Gasteiger partial charge in [-0.05, 0) is 6.07 Å². The second-order valence-corrected chi connectivity index (χ2v) is 7.74. The number of carboxylic acids is 1. The zero-order valence-corrected chi connectivity index (χ0v) is 16.5. The molecule has 3 aromatic rings. The van der Waals surface area contributed by atoms with Crippen molar-refractivity contribution in [2.45, 2.75) is 18.1 Å². The molecule has 10 heteroatoms. The van der Waals surface area contributed by atoms with E-state index in [0.717, 1.165) is 11.3 Å². The van der Waals surface area contributed by atoms with Crippen LogP contribution in [0.4, 0.5) is 0 Å². The number of carboxylic acid groups (broad SMARTS) is 1. The number of aliphatic carboxylic acids is 1. The van der Waals surface area contributed by atoms with E-state index in [-0.39, 0.29) is 12.3 Å². The van der Waals surface area contributed by atoms with Crippen LogP contribution in [0.5, 0.6) is 5.75 Å². The Kier molecular flexibility index (Phi) is 5.32. The molecule has 0 atom stereocenters. The molecule has 1 aliphatic heterocycles. The standard InChI is InChI=1S/C20H18N4O5S/c25-16(26)7-21-19(28)17-18(27)13-9-30-10-15(13)24(20(17)29)8-12-6-14(23-22-12)11-4-2-1-3-5-11/h1-6,27H,7-10H2,(H,21,28)(H,22,23)(H,25,26). The normalized spacial score (nSPS) is 12.5. The number of carbonyl (C=O) groups is 2. The summed E-state index contributed by atoms with van der Waals surface area (Å²) in [5.74, 6) is -1.56. The van der Waals surface area contributed by atoms with Crippen molar-refractivity contribution in [3.63, 3.8) is 0 Å². The summed E-state index contributed by atoms with van der Waals surface area (Å²) in [5, 5.41) is 28.6. The molecule has 0 bridgehead atoms. The minimum atomic E-state index is -1.24. The van der Waals surface area contributed by atoms with Crippen LogP contribution in [0.1, 0.15) is 27.3 Å². The summed E-state index contributed by atoms with van der Waals surface area (Å²) < 4.78 is 1.44. The predicted octanol–water partition coefficient (Wildman–Crippen LogP) is 1.55. The third-order valence-electron chi connectivity index (χ3n) is 4.80. The number of carbonyl (C=O) groups excluding carboxylic acids is 1. The molecule has 1 aliphatic rings. The van der Waals surface area contributed by atoms with E-state index in [2.05, 4.69) is 15.5 Å². The van der Waals surface area contributed by atoms with E-state index in [9.17, 15) is 19.5 Å². The molecule has 0 fully saturated rings. The SMILES string of the molecule is O=C(O)CNC(=O)c1c(O)c2c(n(Cc3cc(-c4ccccc4)n[nH]3)c1=O)CSC2. The maximum absolute atomic E-state index is 13.1. The van der Waals surface area contributed by atoms with Crippen LogP contribution in [-0.4, -0.2) is 43.4 Å². The summed E-state index contributed by atoms with van der Waals surface area (Å²) in [6.07, 6.45) is 0. The summed E-state index contributed by atoms with van der Waals surface area (Å²) >= 11 is 1.52. The first-order valence-corrected chi connectivity index (χ1v) is 10.3. The van der Waals surface area contributed by atoms with Crippen LogP contribution in [0.3, 0.4) is 0 Å². The molecule has 9 nitrogen and oxygen atoms in total. The van der Waals surface area contributed by atoms with Gasteiger partial charge in [-0.2, -0.15) is 16.9 Å². The number of nitrogens with one attached hydrogen (secondary N) is 2. The van der Waals surface area contributed by atoms with Gasteiger partial charge in [-0.1, -0.05) is 30.3 Å². The van der Waals surface area contributed by atoms with Crippen LogP contribution >= 0.6 is 11.8 Å². The number of hydrogen-bond donors (Lipinski definition) is 4. The van der Waals surface area contributed by atoms with Gasteiger partial charge in [0.2, 0.25) is 0 Å². The van der Waals surface area contributed by atoms with E-state index in [1.54, 1.807) is 0 Å². The van der Waals surface area contributed by atoms with Gasteiger partial charge in [0, 0.05) is 28.3 Å². The molecule has 154 valence electrons. The highest BCUT2D eigenvalue weighted by Gasteiger charge is 2.29. The van der Waals surface area contributed by atoms with Crippen molar-refractivity contribution in [1.29, 1.82) is 0 Å². The highest BCUT2D eigenvalue weighted by atomic mass is 32.2. The Labute approximate surface area is 174 Å². The van der Waals surface area contributed by atoms with Gasteiger partial charge in [0.1, 0.15) is 17.9 Å². The van der Waals surface area contributed by atoms with Crippen molar-refractivity contribution < 1.29 is 19.8 Å². The van der Waals surface area contributed by atoms with Gasteiger partial charge in [-0.3, -0.25) is 19.5 Å². The van der Waals surface area contributed by atoms with Crippen molar-refractivity contribution >= 4 is 23.6 Å². The molecule has 0 saturated heterocycles. The third kappa shape index (κ3) is 3.69. The van der Waals surface area contributed by atoms with Crippen molar-refractivity contribution in [2.24, 2.45) is 0 Å². The molecule has 0 spiro atoms. The Hall–Kier alpha value is -3.53. The van der Waals surface area contributed by atoms with Gasteiger partial charge in [-0.15, -0.1) is 0 Å². The first-order valence-electron chi connectivity index (χ1n) is 9.10. The van der Waals surface area contributed by atoms with Gasteiger partial charge in [0.25, 0.3) is 11.5 Å². The van der Waals surface area contributed by atoms with Gasteiger partial charge in [-0.25, -0.2) is 0 Å². The quantitative estimate of drug-likeness (QED) is 0.469. The molecule has 0 saturated carbocycles. The second kappa shape index (κ2) is 8.07. The highest BCUT2D eigenvalue weighted by molar-refractivity contribution is 7.98. The van der Waals surface area contributed by atoms with Crippen molar-refractivity contribution in [1.82, 2.24) is 20.1 Å². The number of fused-ring (bicyclic) bond motifs is 1. The fraction of sp³-hybridized carbons (Fsp3) is 0.200. The monoisotopic (exact) mass is 426 g/mol. The van der Waals surface area contributed by atoms with Crippen LogP contribution in [0.15, 0.2) is 41.2 Å². The third-order valence-corrected chi connectivity index (χ3v) is 5.77. The molecule has 0 aliphatic carbocycles. The lowest BCUT2D eigenvalue weighted by Crippen LogP contribution is -2.37. The average Bonchev–Trinajstić information content (AvgIpc) is 3.40. The number of aromatic amines is 1. The maximum Gasteiger partial charge on any atom is 0.322 e. The molecule has 0 radical (unpaired) electrons. The molecule has 1 amide bonds. The van der Waals surface area contributed by atoms with E-state index < -0.39 is 29.5 Å². The lowest BCUT2D eigenvalue weighted by molar-refractivity contribution is -0.135. The lowest BCUT2D eigenvalue weighted by atomic mass is 10.1. The first-order chi connectivity index (χ1) is 14.5. The van der Waals surface area contributed by atoms with Crippen LogP contribution in [0.2, 0.25) is 0 Å². The van der Waals surface area contributed by atoms with E-state index >= 15 is 0 Å². The fourth-order valence-corrected chi connectivity index (χ4v) is 4.49. The number of amides is 1. The lowest BCUT2D eigenvalue weighted by Gasteiger charge is -2.15. The van der Waals surface area contributed by atoms with E-state index in [0.29, 0.717) is 28.5 Å². The molecule has 1 aromatic carbocycles. The predicted molar refractivity (Wildman–Crippen MR) is 110 cm³/mol. The molecule has 4 rings (SSSR count). The van der Waals surface area contributed by atoms with Crippen LogP contribution < -0.4 is 10.9 Å². The minimum absolute atomic E-state index is 0.140. The Bertz CT molecular complexity index is 1190. The zero-order chi connectivity index (χ0) is 21.3. The van der Waals surface area contributed by atoms with E-state index in [1.807, 2.05) is 36.4 Å². The minimum Gasteiger partial charge on any atom is -0.507 e. The molecule has 2 aromatic heterocycles. The van der Waals surface area contributed by atoms with Crippen molar-refractivity contribution in [3.05, 3.63) is 69.3 Å². The molecular weight excluding hydrogens is 408 g/mol. The molecular formula is C20H18N4O5S. The maximum atomic E-state index is 13.1. The number of aromatic nitrogens is 3. The number of benzene rings is 1. The topological polar surface area (TPSA) is 137 Å². The Morgan fingerprint density at radius 1 is 1.23 bits per heavy atom. The molecule has 4 N–H and O–H groups in total. The first kappa shape index (κ1) is 19.8. The largest absolute Gasteiger partial charge is 0.507 e. The zero-order valence-electron chi connectivity index (χ0n) is 15.7. The number of pyridine rings is 1. The summed E-state index contributed by atoms with van der Waals surface area (Å²) in [5.41, 5.74) is 2.36. The summed E-state index contributed by atoms with van der Waals surface area (Å²) in [6, 6.07) is 11.4. The summed E-state index contributed by atoms with van der Waals surface area (Å²) in [7, 11) is 0. The smallest absolute Gasteiger partial charge is 0.322 e. The number of aromatic hydroxyl groups is 1. The van der Waals surface area contributed by atoms with Crippen LogP contribution in [0.25, 0.3) is 11.3 Å². The number of hydrogen-bond acceptors (Lipinski definition) is 6. The Balaban J connectivity index is 1.72. The average molecular weight is 426 g/mol. The van der Waals surface area contributed by atoms with Gasteiger partial charge >= 0.3 is 5.97 Å². The van der Waals surface area contributed by atoms with E-state index in [1.165, 1.54) is 16.3 Å². The van der Waals surface area contributed by atoms with Gasteiger partial charge in [0.05, 0.1) is 17.9 Å². The number of rotatable bonds is 6. The highest BCUT2D eigenvalue weighted by Crippen LogP contribution is 2.36. The Morgan fingerprint density at radius 2 is 2.00 bits per heavy atom. The molecule has 3 heterocycles. The van der Waals surface area contributed by atoms with Crippen molar-refractivity contribution in [3.8, 4) is 17.0 Å².